The third kappa shape index (κ3) is 5.97. The number of nitrogens with one attached hydrogen (secondary N) is 1. The number of hydrogen-bond donors (Lipinski definition) is 1. The van der Waals surface area contributed by atoms with Gasteiger partial charge in [-0.15, -0.1) is 0 Å². The van der Waals surface area contributed by atoms with Crippen LogP contribution in [0.25, 0.3) is 0 Å². The maximum atomic E-state index is 13.5. The van der Waals surface area contributed by atoms with E-state index in [4.69, 9.17) is 4.74 Å². The highest BCUT2D eigenvalue weighted by Crippen LogP contribution is 2.25. The molecule has 7 heteroatoms. The van der Waals surface area contributed by atoms with Gasteiger partial charge in [-0.3, -0.25) is 9.10 Å². The van der Waals surface area contributed by atoms with E-state index in [9.17, 15) is 13.2 Å². The molecule has 0 heterocycles. The summed E-state index contributed by atoms with van der Waals surface area (Å²) in [5, 5.41) is 2.91. The third-order valence-corrected chi connectivity index (χ3v) is 7.58. The Morgan fingerprint density at radius 1 is 0.912 bits per heavy atom. The molecule has 0 fully saturated rings. The Morgan fingerprint density at radius 3 is 2.18 bits per heavy atom. The maximum Gasteiger partial charge on any atom is 0.264 e. The molecule has 180 valence electrons. The highest BCUT2D eigenvalue weighted by molar-refractivity contribution is 7.92. The lowest BCUT2D eigenvalue weighted by Gasteiger charge is -2.24. The molecule has 0 saturated heterocycles. The van der Waals surface area contributed by atoms with Crippen LogP contribution < -0.4 is 14.4 Å². The molecule has 34 heavy (non-hydrogen) atoms. The normalized spacial score (nSPS) is 11.2. The second kappa shape index (κ2) is 11.2. The lowest BCUT2D eigenvalue weighted by Crippen LogP contribution is -2.40. The number of carbonyl (C=O) groups excluding carboxylic acids is 1. The molecule has 0 aliphatic heterocycles. The van der Waals surface area contributed by atoms with Gasteiger partial charge >= 0.3 is 0 Å². The highest BCUT2D eigenvalue weighted by Gasteiger charge is 2.27. The Kier molecular flexibility index (Phi) is 8.34. The number of hydrogen-bond acceptors (Lipinski definition) is 4. The number of rotatable bonds is 10. The Labute approximate surface area is 202 Å². The van der Waals surface area contributed by atoms with Gasteiger partial charge in [0.15, 0.2) is 0 Å². The average Bonchev–Trinajstić information content (AvgIpc) is 2.86. The largest absolute Gasteiger partial charge is 0.497 e. The van der Waals surface area contributed by atoms with E-state index in [-0.39, 0.29) is 17.3 Å². The SMILES string of the molecule is CCc1ccc(CC)c(CNC(=O)CN(c2ccc(C)cc2)S(=O)(=O)c2ccc(OC)cc2)c1. The maximum absolute atomic E-state index is 13.5. The molecule has 0 atom stereocenters. The molecule has 0 saturated carbocycles. The lowest BCUT2D eigenvalue weighted by molar-refractivity contribution is -0.119. The predicted octanol–water partition coefficient (Wildman–Crippen LogP) is 4.64. The van der Waals surface area contributed by atoms with Crippen LogP contribution in [0.1, 0.15) is 36.1 Å². The molecule has 3 rings (SSSR count). The first-order chi connectivity index (χ1) is 16.3. The van der Waals surface area contributed by atoms with Gasteiger partial charge in [-0.2, -0.15) is 0 Å². The number of aryl methyl sites for hydroxylation is 3. The van der Waals surface area contributed by atoms with E-state index in [1.165, 1.54) is 30.4 Å². The van der Waals surface area contributed by atoms with Crippen LogP contribution in [0.3, 0.4) is 0 Å². The molecule has 3 aromatic carbocycles. The van der Waals surface area contributed by atoms with E-state index in [0.29, 0.717) is 18.0 Å². The van der Waals surface area contributed by atoms with Crippen LogP contribution in [0, 0.1) is 6.92 Å². The molecule has 0 unspecified atom stereocenters. The fourth-order valence-electron chi connectivity index (χ4n) is 3.69. The first-order valence-corrected chi connectivity index (χ1v) is 12.8. The Morgan fingerprint density at radius 2 is 1.59 bits per heavy atom. The smallest absolute Gasteiger partial charge is 0.264 e. The van der Waals surface area contributed by atoms with Crippen molar-refractivity contribution >= 4 is 21.6 Å². The quantitative estimate of drug-likeness (QED) is 0.459. The zero-order valence-corrected chi connectivity index (χ0v) is 21.0. The van der Waals surface area contributed by atoms with Gasteiger partial charge < -0.3 is 10.1 Å². The monoisotopic (exact) mass is 480 g/mol. The second-order valence-corrected chi connectivity index (χ2v) is 9.97. The summed E-state index contributed by atoms with van der Waals surface area (Å²) in [4.78, 5) is 13.1. The fraction of sp³-hybridized carbons (Fsp3) is 0.296. The summed E-state index contributed by atoms with van der Waals surface area (Å²) in [5.74, 6) is 0.182. The van der Waals surface area contributed by atoms with E-state index in [0.717, 1.165) is 28.3 Å². The van der Waals surface area contributed by atoms with Gasteiger partial charge in [0.2, 0.25) is 5.91 Å². The first-order valence-electron chi connectivity index (χ1n) is 11.4. The zero-order chi connectivity index (χ0) is 24.7. The van der Waals surface area contributed by atoms with Gasteiger partial charge in [0, 0.05) is 6.54 Å². The number of nitrogens with zero attached hydrogens (tertiary/aromatic N) is 1. The van der Waals surface area contributed by atoms with Crippen LogP contribution in [0.4, 0.5) is 5.69 Å². The summed E-state index contributed by atoms with van der Waals surface area (Å²) in [5.41, 5.74) is 4.84. The number of carbonyl (C=O) groups is 1. The van der Waals surface area contributed by atoms with Crippen molar-refractivity contribution in [1.29, 1.82) is 0 Å². The van der Waals surface area contributed by atoms with Gasteiger partial charge in [-0.05, 0) is 72.9 Å². The van der Waals surface area contributed by atoms with E-state index < -0.39 is 10.0 Å². The van der Waals surface area contributed by atoms with Crippen LogP contribution in [0.15, 0.2) is 71.6 Å². The van der Waals surface area contributed by atoms with E-state index in [1.54, 1.807) is 24.3 Å². The van der Waals surface area contributed by atoms with Crippen LogP contribution in [0.2, 0.25) is 0 Å². The van der Waals surface area contributed by atoms with Crippen molar-refractivity contribution in [3.63, 3.8) is 0 Å². The van der Waals surface area contributed by atoms with Gasteiger partial charge in [-0.25, -0.2) is 8.42 Å². The van der Waals surface area contributed by atoms with E-state index in [1.807, 2.05) is 19.1 Å². The molecule has 0 aliphatic carbocycles. The molecule has 1 N–H and O–H groups in total. The summed E-state index contributed by atoms with van der Waals surface area (Å²) in [7, 11) is -2.46. The van der Waals surface area contributed by atoms with Crippen molar-refractivity contribution in [2.45, 2.75) is 45.1 Å². The zero-order valence-electron chi connectivity index (χ0n) is 20.2. The number of sulfonamides is 1. The van der Waals surface area contributed by atoms with Crippen LogP contribution in [-0.4, -0.2) is 28.0 Å². The van der Waals surface area contributed by atoms with Crippen LogP contribution >= 0.6 is 0 Å². The summed E-state index contributed by atoms with van der Waals surface area (Å²) < 4.78 is 33.3. The number of benzene rings is 3. The van der Waals surface area contributed by atoms with E-state index in [2.05, 4.69) is 37.4 Å². The fourth-order valence-corrected chi connectivity index (χ4v) is 5.11. The molecule has 0 spiro atoms. The molecular weight excluding hydrogens is 448 g/mol. The van der Waals surface area contributed by atoms with Gasteiger partial charge in [0.05, 0.1) is 17.7 Å². The van der Waals surface area contributed by atoms with Crippen molar-refractivity contribution in [2.24, 2.45) is 0 Å². The molecular formula is C27H32N2O4S. The van der Waals surface area contributed by atoms with Crippen LogP contribution in [-0.2, 0) is 34.2 Å². The number of ether oxygens (including phenoxy) is 1. The van der Waals surface area contributed by atoms with Crippen LogP contribution in [0.5, 0.6) is 5.75 Å². The Hall–Kier alpha value is -3.32. The molecule has 0 bridgehead atoms. The standard InChI is InChI=1S/C27H32N2O4S/c1-5-21-9-10-22(6-2)23(17-21)18-28-27(30)19-29(24-11-7-20(3)8-12-24)34(31,32)26-15-13-25(33-4)14-16-26/h7-17H,5-6,18-19H2,1-4H3,(H,28,30). The summed E-state index contributed by atoms with van der Waals surface area (Å²) >= 11 is 0. The second-order valence-electron chi connectivity index (χ2n) is 8.11. The minimum Gasteiger partial charge on any atom is -0.497 e. The van der Waals surface area contributed by atoms with Crippen molar-refractivity contribution in [2.75, 3.05) is 18.0 Å². The average molecular weight is 481 g/mol. The predicted molar refractivity (Wildman–Crippen MR) is 136 cm³/mol. The molecule has 6 nitrogen and oxygen atoms in total. The van der Waals surface area contributed by atoms with Gasteiger partial charge in [0.25, 0.3) is 10.0 Å². The lowest BCUT2D eigenvalue weighted by atomic mass is 10.0. The van der Waals surface area contributed by atoms with Crippen molar-refractivity contribution in [3.8, 4) is 5.75 Å². The van der Waals surface area contributed by atoms with Gasteiger partial charge in [-0.1, -0.05) is 49.7 Å². The number of methoxy groups -OCH3 is 1. The summed E-state index contributed by atoms with van der Waals surface area (Å²) in [6, 6.07) is 19.5. The Balaban J connectivity index is 1.86. The Bertz CT molecular complexity index is 1220. The van der Waals surface area contributed by atoms with Gasteiger partial charge in [0.1, 0.15) is 12.3 Å². The summed E-state index contributed by atoms with van der Waals surface area (Å²) in [6.45, 7) is 6.11. The van der Waals surface area contributed by atoms with E-state index >= 15 is 0 Å². The highest BCUT2D eigenvalue weighted by atomic mass is 32.2. The molecule has 1 amide bonds. The van der Waals surface area contributed by atoms with Crippen molar-refractivity contribution < 1.29 is 17.9 Å². The minimum absolute atomic E-state index is 0.0885. The minimum atomic E-state index is -3.98. The topological polar surface area (TPSA) is 75.7 Å². The first kappa shape index (κ1) is 25.3. The molecule has 3 aromatic rings. The molecule has 0 radical (unpaired) electrons. The third-order valence-electron chi connectivity index (χ3n) is 5.79. The molecule has 0 aromatic heterocycles. The summed E-state index contributed by atoms with van der Waals surface area (Å²) in [6.07, 6.45) is 1.77. The number of anilines is 1. The van der Waals surface area contributed by atoms with Crippen molar-refractivity contribution in [1.82, 2.24) is 5.32 Å². The number of amides is 1. The molecule has 0 aliphatic rings. The van der Waals surface area contributed by atoms with Crippen molar-refractivity contribution in [3.05, 3.63) is 89.0 Å².